The van der Waals surface area contributed by atoms with Gasteiger partial charge in [-0.3, -0.25) is 14.8 Å². The summed E-state index contributed by atoms with van der Waals surface area (Å²) < 4.78 is 0. The van der Waals surface area contributed by atoms with Crippen LogP contribution < -0.4 is 10.4 Å². The van der Waals surface area contributed by atoms with Gasteiger partial charge in [-0.15, -0.1) is 0 Å². The fourth-order valence-corrected chi connectivity index (χ4v) is 2.89. The van der Waals surface area contributed by atoms with Crippen LogP contribution >= 0.6 is 0 Å². The van der Waals surface area contributed by atoms with E-state index in [1.54, 1.807) is 11.6 Å². The van der Waals surface area contributed by atoms with Crippen LogP contribution in [0.5, 0.6) is 0 Å². The summed E-state index contributed by atoms with van der Waals surface area (Å²) in [5.41, 5.74) is 3.52. The third-order valence-corrected chi connectivity index (χ3v) is 4.37. The maximum atomic E-state index is 12.3. The van der Waals surface area contributed by atoms with Crippen LogP contribution in [0.2, 0.25) is 0 Å². The Hall–Kier alpha value is -2.34. The summed E-state index contributed by atoms with van der Waals surface area (Å²) in [5, 5.41) is 8.59. The molecule has 6 heteroatoms. The van der Waals surface area contributed by atoms with Crippen LogP contribution in [0.25, 0.3) is 6.08 Å². The summed E-state index contributed by atoms with van der Waals surface area (Å²) in [4.78, 5) is 27.6. The van der Waals surface area contributed by atoms with E-state index in [0.29, 0.717) is 25.4 Å². The molecule has 0 aromatic heterocycles. The van der Waals surface area contributed by atoms with E-state index in [2.05, 4.69) is 18.7 Å². The lowest BCUT2D eigenvalue weighted by atomic mass is 10.1. The molecule has 0 spiro atoms. The first-order chi connectivity index (χ1) is 12.0. The molecular formula is C19H27N3O3. The molecule has 1 heterocycles. The molecule has 1 saturated heterocycles. The number of carbonyl (C=O) groups is 2. The van der Waals surface area contributed by atoms with Crippen molar-refractivity contribution in [3.8, 4) is 0 Å². The first-order valence-electron chi connectivity index (χ1n) is 8.75. The largest absolute Gasteiger partial charge is 0.367 e. The number of rotatable bonds is 6. The number of hydroxylamine groups is 1. The van der Waals surface area contributed by atoms with E-state index in [1.807, 2.05) is 29.2 Å². The molecule has 0 atom stereocenters. The Morgan fingerprint density at radius 3 is 2.52 bits per heavy atom. The number of nitrogens with zero attached hydrogens (tertiary/aromatic N) is 2. The molecule has 1 aliphatic heterocycles. The number of hydrogen-bond donors (Lipinski definition) is 2. The van der Waals surface area contributed by atoms with Gasteiger partial charge in [0.25, 0.3) is 5.91 Å². The molecule has 2 amide bonds. The normalized spacial score (nSPS) is 15.0. The van der Waals surface area contributed by atoms with Crippen molar-refractivity contribution in [3.63, 3.8) is 0 Å². The molecule has 136 valence electrons. The molecule has 1 aromatic rings. The summed E-state index contributed by atoms with van der Waals surface area (Å²) in [6.45, 7) is 7.23. The van der Waals surface area contributed by atoms with E-state index < -0.39 is 5.91 Å². The Kier molecular flexibility index (Phi) is 7.01. The molecule has 2 N–H and O–H groups in total. The van der Waals surface area contributed by atoms with Crippen molar-refractivity contribution in [2.45, 2.75) is 26.7 Å². The van der Waals surface area contributed by atoms with Gasteiger partial charge >= 0.3 is 0 Å². The fourth-order valence-electron chi connectivity index (χ4n) is 2.89. The molecule has 0 radical (unpaired) electrons. The number of anilines is 1. The smallest absolute Gasteiger partial charge is 0.267 e. The van der Waals surface area contributed by atoms with E-state index in [0.717, 1.165) is 30.8 Å². The van der Waals surface area contributed by atoms with Crippen molar-refractivity contribution in [1.82, 2.24) is 10.4 Å². The Balaban J connectivity index is 1.98. The number of nitrogens with one attached hydrogen (secondary N) is 1. The van der Waals surface area contributed by atoms with Gasteiger partial charge in [-0.2, -0.15) is 0 Å². The molecule has 25 heavy (non-hydrogen) atoms. The van der Waals surface area contributed by atoms with Gasteiger partial charge in [-0.1, -0.05) is 32.0 Å². The van der Waals surface area contributed by atoms with Gasteiger partial charge in [0.05, 0.1) is 0 Å². The molecule has 0 bridgehead atoms. The van der Waals surface area contributed by atoms with Crippen LogP contribution in [-0.4, -0.2) is 48.1 Å². The SMILES string of the molecule is CC(C)CCC(=O)N1CCN(c2ccccc2/C=C/C(=O)NO)CC1. The molecule has 6 nitrogen and oxygen atoms in total. The molecule has 0 aliphatic carbocycles. The highest BCUT2D eigenvalue weighted by molar-refractivity contribution is 5.91. The predicted molar refractivity (Wildman–Crippen MR) is 98.3 cm³/mol. The van der Waals surface area contributed by atoms with Crippen LogP contribution in [0.1, 0.15) is 32.3 Å². The zero-order valence-electron chi connectivity index (χ0n) is 14.9. The van der Waals surface area contributed by atoms with Crippen molar-refractivity contribution < 1.29 is 14.8 Å². The monoisotopic (exact) mass is 345 g/mol. The van der Waals surface area contributed by atoms with Gasteiger partial charge in [0, 0.05) is 44.4 Å². The lowest BCUT2D eigenvalue weighted by Crippen LogP contribution is -2.49. The summed E-state index contributed by atoms with van der Waals surface area (Å²) in [7, 11) is 0. The summed E-state index contributed by atoms with van der Waals surface area (Å²) >= 11 is 0. The molecule has 1 aromatic carbocycles. The molecule has 1 aliphatic rings. The van der Waals surface area contributed by atoms with E-state index >= 15 is 0 Å². The average Bonchev–Trinajstić information content (AvgIpc) is 2.64. The lowest BCUT2D eigenvalue weighted by molar-refractivity contribution is -0.131. The molecular weight excluding hydrogens is 318 g/mol. The predicted octanol–water partition coefficient (Wildman–Crippen LogP) is 2.29. The van der Waals surface area contributed by atoms with Gasteiger partial charge < -0.3 is 9.80 Å². The highest BCUT2D eigenvalue weighted by Gasteiger charge is 2.22. The van der Waals surface area contributed by atoms with E-state index in [9.17, 15) is 9.59 Å². The number of para-hydroxylation sites is 1. The summed E-state index contributed by atoms with van der Waals surface area (Å²) in [6.07, 6.45) is 4.53. The molecule has 1 fully saturated rings. The van der Waals surface area contributed by atoms with Gasteiger partial charge in [0.1, 0.15) is 0 Å². The van der Waals surface area contributed by atoms with Crippen molar-refractivity contribution in [2.75, 3.05) is 31.1 Å². The van der Waals surface area contributed by atoms with E-state index in [-0.39, 0.29) is 5.91 Å². The number of hydrogen-bond acceptors (Lipinski definition) is 4. The number of piperazine rings is 1. The first kappa shape index (κ1) is 19.0. The topological polar surface area (TPSA) is 72.9 Å². The Bertz CT molecular complexity index is 620. The zero-order valence-corrected chi connectivity index (χ0v) is 14.9. The van der Waals surface area contributed by atoms with Gasteiger partial charge in [-0.05, 0) is 30.0 Å². The Morgan fingerprint density at radius 2 is 1.88 bits per heavy atom. The van der Waals surface area contributed by atoms with Crippen molar-refractivity contribution in [2.24, 2.45) is 5.92 Å². The minimum Gasteiger partial charge on any atom is -0.367 e. The zero-order chi connectivity index (χ0) is 18.2. The van der Waals surface area contributed by atoms with Crippen LogP contribution in [-0.2, 0) is 9.59 Å². The second-order valence-corrected chi connectivity index (χ2v) is 6.67. The first-order valence-corrected chi connectivity index (χ1v) is 8.75. The molecule has 0 saturated carbocycles. The van der Waals surface area contributed by atoms with Gasteiger partial charge in [-0.25, -0.2) is 5.48 Å². The van der Waals surface area contributed by atoms with E-state index in [1.165, 1.54) is 6.08 Å². The van der Waals surface area contributed by atoms with Gasteiger partial charge in [0.15, 0.2) is 0 Å². The van der Waals surface area contributed by atoms with Gasteiger partial charge in [0.2, 0.25) is 5.91 Å². The van der Waals surface area contributed by atoms with Crippen LogP contribution in [0.4, 0.5) is 5.69 Å². The molecule has 0 unspecified atom stereocenters. The van der Waals surface area contributed by atoms with Crippen molar-refractivity contribution in [1.29, 1.82) is 0 Å². The van der Waals surface area contributed by atoms with Crippen molar-refractivity contribution in [3.05, 3.63) is 35.9 Å². The highest BCUT2D eigenvalue weighted by Crippen LogP contribution is 2.23. The number of amides is 2. The summed E-state index contributed by atoms with van der Waals surface area (Å²) in [6, 6.07) is 7.80. The second kappa shape index (κ2) is 9.22. The number of carbonyl (C=O) groups excluding carboxylic acids is 2. The maximum absolute atomic E-state index is 12.3. The number of benzene rings is 1. The van der Waals surface area contributed by atoms with Crippen molar-refractivity contribution >= 4 is 23.6 Å². The fraction of sp³-hybridized carbons (Fsp3) is 0.474. The third kappa shape index (κ3) is 5.60. The highest BCUT2D eigenvalue weighted by atomic mass is 16.5. The van der Waals surface area contributed by atoms with Crippen LogP contribution in [0.15, 0.2) is 30.3 Å². The van der Waals surface area contributed by atoms with Crippen LogP contribution in [0.3, 0.4) is 0 Å². The second-order valence-electron chi connectivity index (χ2n) is 6.67. The Morgan fingerprint density at radius 1 is 1.20 bits per heavy atom. The molecule has 2 rings (SSSR count). The minimum absolute atomic E-state index is 0.237. The Labute approximate surface area is 149 Å². The maximum Gasteiger partial charge on any atom is 0.267 e. The average molecular weight is 345 g/mol. The van der Waals surface area contributed by atoms with E-state index in [4.69, 9.17) is 5.21 Å². The lowest BCUT2D eigenvalue weighted by Gasteiger charge is -2.37. The van der Waals surface area contributed by atoms with Crippen LogP contribution in [0, 0.1) is 5.92 Å². The quantitative estimate of drug-likeness (QED) is 0.471. The standard InChI is InChI=1S/C19H27N3O3/c1-15(2)7-10-19(24)22-13-11-21(12-14-22)17-6-4-3-5-16(17)8-9-18(23)20-25/h3-6,8-9,15,25H,7,10-14H2,1-2H3,(H,20,23)/b9-8+. The third-order valence-electron chi connectivity index (χ3n) is 4.37. The summed E-state index contributed by atoms with van der Waals surface area (Å²) in [5.74, 6) is 0.219. The minimum atomic E-state index is -0.560.